The number of nitrogens with zero attached hydrogens (tertiary/aromatic N) is 3. The van der Waals surface area contributed by atoms with Gasteiger partial charge in [0.05, 0.1) is 24.0 Å². The molecule has 0 saturated heterocycles. The van der Waals surface area contributed by atoms with Crippen molar-refractivity contribution in [1.29, 1.82) is 0 Å². The first-order valence-corrected chi connectivity index (χ1v) is 7.66. The zero-order valence-electron chi connectivity index (χ0n) is 12.1. The number of hydrazone groups is 1. The Morgan fingerprint density at radius 3 is 2.82 bits per heavy atom. The number of hydrogen-bond donors (Lipinski definition) is 2. The van der Waals surface area contributed by atoms with Crippen molar-refractivity contribution in [3.8, 4) is 0 Å². The minimum atomic E-state index is 0.425. The molecule has 0 fully saturated rings. The average Bonchev–Trinajstić information content (AvgIpc) is 2.76. The van der Waals surface area contributed by atoms with E-state index in [1.54, 1.807) is 17.9 Å². The number of aromatic nitrogens is 2. The molecule has 0 bridgehead atoms. The molecule has 1 aromatic carbocycles. The maximum Gasteiger partial charge on any atom is 0.186 e. The predicted molar refractivity (Wildman–Crippen MR) is 94.9 cm³/mol. The molecule has 0 atom stereocenters. The highest BCUT2D eigenvalue weighted by atomic mass is 35.5. The minimum absolute atomic E-state index is 0.425. The van der Waals surface area contributed by atoms with Gasteiger partial charge in [-0.1, -0.05) is 41.4 Å². The molecular formula is C14H15Cl2N5S. The number of rotatable bonds is 4. The van der Waals surface area contributed by atoms with Gasteiger partial charge in [-0.2, -0.15) is 10.2 Å². The Hall–Kier alpha value is -1.63. The van der Waals surface area contributed by atoms with E-state index < -0.39 is 0 Å². The summed E-state index contributed by atoms with van der Waals surface area (Å²) in [5.41, 5.74) is 5.14. The second-order valence-corrected chi connectivity index (χ2v) is 5.66. The lowest BCUT2D eigenvalue weighted by Crippen LogP contribution is -2.28. The zero-order chi connectivity index (χ0) is 16.1. The molecule has 0 aliphatic carbocycles. The number of benzene rings is 1. The van der Waals surface area contributed by atoms with E-state index >= 15 is 0 Å². The molecule has 1 heterocycles. The van der Waals surface area contributed by atoms with Crippen molar-refractivity contribution < 1.29 is 0 Å². The SMILES string of the molecule is CNC(=S)N/N=C\c1c(C)nn(Cc2ccccc2Cl)c1Cl. The van der Waals surface area contributed by atoms with Gasteiger partial charge in [0, 0.05) is 12.1 Å². The molecule has 22 heavy (non-hydrogen) atoms. The maximum atomic E-state index is 6.37. The molecule has 0 aliphatic rings. The van der Waals surface area contributed by atoms with Gasteiger partial charge in [-0.3, -0.25) is 5.43 Å². The lowest BCUT2D eigenvalue weighted by Gasteiger charge is -2.05. The molecule has 2 N–H and O–H groups in total. The number of nitrogens with one attached hydrogen (secondary N) is 2. The molecule has 0 saturated carbocycles. The summed E-state index contributed by atoms with van der Waals surface area (Å²) in [6.45, 7) is 2.36. The molecular weight excluding hydrogens is 341 g/mol. The summed E-state index contributed by atoms with van der Waals surface area (Å²) in [6, 6.07) is 7.59. The van der Waals surface area contributed by atoms with Crippen LogP contribution in [0.1, 0.15) is 16.8 Å². The third-order valence-electron chi connectivity index (χ3n) is 2.97. The molecule has 1 aromatic heterocycles. The molecule has 2 rings (SSSR count). The Bertz CT molecular complexity index is 711. The second kappa shape index (κ2) is 7.58. The highest BCUT2D eigenvalue weighted by Crippen LogP contribution is 2.22. The Labute approximate surface area is 144 Å². The molecule has 2 aromatic rings. The fraction of sp³-hybridized carbons (Fsp3) is 0.214. The Kier molecular flexibility index (Phi) is 5.76. The van der Waals surface area contributed by atoms with E-state index in [-0.39, 0.29) is 0 Å². The van der Waals surface area contributed by atoms with Gasteiger partial charge in [0.15, 0.2) is 5.11 Å². The van der Waals surface area contributed by atoms with Crippen LogP contribution in [-0.2, 0) is 6.54 Å². The Morgan fingerprint density at radius 1 is 1.41 bits per heavy atom. The van der Waals surface area contributed by atoms with Gasteiger partial charge >= 0.3 is 0 Å². The van der Waals surface area contributed by atoms with E-state index in [1.807, 2.05) is 31.2 Å². The van der Waals surface area contributed by atoms with Crippen LogP contribution in [0.2, 0.25) is 10.2 Å². The molecule has 5 nitrogen and oxygen atoms in total. The van der Waals surface area contributed by atoms with E-state index in [0.717, 1.165) is 16.8 Å². The third-order valence-corrected chi connectivity index (χ3v) is 4.04. The fourth-order valence-electron chi connectivity index (χ4n) is 1.82. The average molecular weight is 356 g/mol. The molecule has 0 radical (unpaired) electrons. The van der Waals surface area contributed by atoms with Gasteiger partial charge in [0.1, 0.15) is 5.15 Å². The summed E-state index contributed by atoms with van der Waals surface area (Å²) in [7, 11) is 1.71. The normalized spacial score (nSPS) is 10.9. The summed E-state index contributed by atoms with van der Waals surface area (Å²) in [5, 5.41) is 12.8. The van der Waals surface area contributed by atoms with Crippen LogP contribution in [0.15, 0.2) is 29.4 Å². The maximum absolute atomic E-state index is 6.37. The van der Waals surface area contributed by atoms with Crippen LogP contribution in [-0.4, -0.2) is 28.2 Å². The highest BCUT2D eigenvalue weighted by Gasteiger charge is 2.13. The number of halogens is 2. The van der Waals surface area contributed by atoms with Crippen LogP contribution < -0.4 is 10.7 Å². The second-order valence-electron chi connectivity index (χ2n) is 4.49. The van der Waals surface area contributed by atoms with Crippen LogP contribution in [0, 0.1) is 6.92 Å². The van der Waals surface area contributed by atoms with Crippen molar-refractivity contribution in [3.63, 3.8) is 0 Å². The van der Waals surface area contributed by atoms with Crippen LogP contribution >= 0.6 is 35.4 Å². The summed E-state index contributed by atoms with van der Waals surface area (Å²) in [5.74, 6) is 0. The number of thiocarbonyl (C=S) groups is 1. The van der Waals surface area contributed by atoms with Gasteiger partial charge < -0.3 is 5.32 Å². The van der Waals surface area contributed by atoms with E-state index in [4.69, 9.17) is 35.4 Å². The largest absolute Gasteiger partial charge is 0.364 e. The fourth-order valence-corrected chi connectivity index (χ4v) is 2.35. The van der Waals surface area contributed by atoms with Crippen molar-refractivity contribution in [2.75, 3.05) is 7.05 Å². The molecule has 0 unspecified atom stereocenters. The molecule has 0 aliphatic heterocycles. The van der Waals surface area contributed by atoms with Gasteiger partial charge in [0.25, 0.3) is 0 Å². The van der Waals surface area contributed by atoms with Gasteiger partial charge in [-0.25, -0.2) is 4.68 Å². The third kappa shape index (κ3) is 3.97. The summed E-state index contributed by atoms with van der Waals surface area (Å²) < 4.78 is 1.69. The van der Waals surface area contributed by atoms with Crippen molar-refractivity contribution in [2.45, 2.75) is 13.5 Å². The summed E-state index contributed by atoms with van der Waals surface area (Å²) in [6.07, 6.45) is 1.59. The first-order valence-electron chi connectivity index (χ1n) is 6.50. The Morgan fingerprint density at radius 2 is 2.14 bits per heavy atom. The predicted octanol–water partition coefficient (Wildman–Crippen LogP) is 2.97. The topological polar surface area (TPSA) is 54.2 Å². The number of hydrogen-bond acceptors (Lipinski definition) is 3. The van der Waals surface area contributed by atoms with Crippen molar-refractivity contribution in [1.82, 2.24) is 20.5 Å². The van der Waals surface area contributed by atoms with E-state index in [0.29, 0.717) is 21.8 Å². The van der Waals surface area contributed by atoms with Crippen LogP contribution in [0.25, 0.3) is 0 Å². The summed E-state index contributed by atoms with van der Waals surface area (Å²) in [4.78, 5) is 0. The highest BCUT2D eigenvalue weighted by molar-refractivity contribution is 7.80. The van der Waals surface area contributed by atoms with Crippen LogP contribution in [0.3, 0.4) is 0 Å². The lowest BCUT2D eigenvalue weighted by molar-refractivity contribution is 0.680. The molecule has 0 spiro atoms. The Balaban J connectivity index is 2.20. The van der Waals surface area contributed by atoms with Crippen molar-refractivity contribution in [3.05, 3.63) is 51.3 Å². The first-order chi connectivity index (χ1) is 10.5. The quantitative estimate of drug-likeness (QED) is 0.502. The molecule has 116 valence electrons. The minimum Gasteiger partial charge on any atom is -0.364 e. The zero-order valence-corrected chi connectivity index (χ0v) is 14.4. The van der Waals surface area contributed by atoms with Gasteiger partial charge in [0.2, 0.25) is 0 Å². The molecule has 8 heteroatoms. The standard InChI is InChI=1S/C14H15Cl2N5S/c1-9-11(7-18-19-14(22)17-2)13(16)21(20-9)8-10-5-3-4-6-12(10)15/h3-7H,8H2,1-2H3,(H2,17,19,22)/b18-7-. The van der Waals surface area contributed by atoms with Crippen molar-refractivity contribution >= 4 is 46.7 Å². The smallest absolute Gasteiger partial charge is 0.186 e. The van der Waals surface area contributed by atoms with Gasteiger partial charge in [-0.05, 0) is 30.8 Å². The van der Waals surface area contributed by atoms with Gasteiger partial charge in [-0.15, -0.1) is 0 Å². The monoisotopic (exact) mass is 355 g/mol. The van der Waals surface area contributed by atoms with E-state index in [2.05, 4.69) is 20.9 Å². The van der Waals surface area contributed by atoms with Crippen molar-refractivity contribution in [2.24, 2.45) is 5.10 Å². The summed E-state index contributed by atoms with van der Waals surface area (Å²) >= 11 is 17.5. The van der Waals surface area contributed by atoms with E-state index in [9.17, 15) is 0 Å². The van der Waals surface area contributed by atoms with Crippen LogP contribution in [0.4, 0.5) is 0 Å². The first kappa shape index (κ1) is 16.7. The van der Waals surface area contributed by atoms with E-state index in [1.165, 1.54) is 0 Å². The number of aryl methyl sites for hydroxylation is 1. The lowest BCUT2D eigenvalue weighted by atomic mass is 10.2. The molecule has 0 amide bonds. The van der Waals surface area contributed by atoms with Crippen LogP contribution in [0.5, 0.6) is 0 Å².